The fourth-order valence-corrected chi connectivity index (χ4v) is 1.43. The fraction of sp³-hybridized carbons (Fsp3) is 0.0667. The molecule has 0 saturated carbocycles. The summed E-state index contributed by atoms with van der Waals surface area (Å²) in [6.45, 7) is 2.10. The summed E-state index contributed by atoms with van der Waals surface area (Å²) in [5.41, 5.74) is 3.77. The largest absolute Gasteiger partial charge is 0.0622 e. The van der Waals surface area contributed by atoms with E-state index in [1.54, 1.807) is 0 Å². The summed E-state index contributed by atoms with van der Waals surface area (Å²) in [4.78, 5) is 0. The van der Waals surface area contributed by atoms with E-state index in [0.717, 1.165) is 0 Å². The van der Waals surface area contributed by atoms with Gasteiger partial charge in [0.05, 0.1) is 0 Å². The Morgan fingerprint density at radius 3 is 1.80 bits per heavy atom. The Balaban J connectivity index is 2.15. The van der Waals surface area contributed by atoms with Crippen molar-refractivity contribution >= 4 is 12.2 Å². The lowest BCUT2D eigenvalue weighted by Crippen LogP contribution is -1.74. The third-order valence-corrected chi connectivity index (χ3v) is 2.35. The molecule has 0 saturated heterocycles. The van der Waals surface area contributed by atoms with Gasteiger partial charge in [0.15, 0.2) is 0 Å². The van der Waals surface area contributed by atoms with Crippen LogP contribution in [0.1, 0.15) is 16.7 Å². The van der Waals surface area contributed by atoms with Gasteiger partial charge in [-0.1, -0.05) is 72.3 Å². The molecule has 2 aromatic rings. The molecule has 0 aliphatic heterocycles. The second-order valence-corrected chi connectivity index (χ2v) is 3.65. The molecule has 2 rings (SSSR count). The van der Waals surface area contributed by atoms with Gasteiger partial charge in [-0.05, 0) is 18.1 Å². The lowest BCUT2D eigenvalue weighted by molar-refractivity contribution is 1.46. The predicted molar refractivity (Wildman–Crippen MR) is 66.5 cm³/mol. The zero-order valence-electron chi connectivity index (χ0n) is 8.85. The highest BCUT2D eigenvalue weighted by atomic mass is 13.9. The van der Waals surface area contributed by atoms with Crippen molar-refractivity contribution in [3.63, 3.8) is 0 Å². The molecule has 0 spiro atoms. The van der Waals surface area contributed by atoms with Crippen LogP contribution in [0.5, 0.6) is 0 Å². The van der Waals surface area contributed by atoms with Crippen molar-refractivity contribution in [3.8, 4) is 0 Å². The molecule has 0 atom stereocenters. The van der Waals surface area contributed by atoms with Gasteiger partial charge in [-0.25, -0.2) is 0 Å². The zero-order chi connectivity index (χ0) is 10.5. The minimum atomic E-state index is 1.23. The molecule has 2 aromatic carbocycles. The van der Waals surface area contributed by atoms with Gasteiger partial charge in [-0.3, -0.25) is 0 Å². The number of aryl methyl sites for hydroxylation is 1. The molecule has 0 unspecified atom stereocenters. The summed E-state index contributed by atoms with van der Waals surface area (Å²) in [7, 11) is 0. The molecule has 0 aliphatic carbocycles. The Morgan fingerprint density at radius 1 is 0.667 bits per heavy atom. The van der Waals surface area contributed by atoms with Crippen LogP contribution in [-0.4, -0.2) is 0 Å². The first kappa shape index (κ1) is 9.72. The molecule has 0 bridgehead atoms. The van der Waals surface area contributed by atoms with Gasteiger partial charge in [0.2, 0.25) is 0 Å². The summed E-state index contributed by atoms with van der Waals surface area (Å²) in [6, 6.07) is 18.9. The van der Waals surface area contributed by atoms with Gasteiger partial charge in [0, 0.05) is 0 Å². The predicted octanol–water partition coefficient (Wildman–Crippen LogP) is 4.17. The van der Waals surface area contributed by atoms with E-state index in [4.69, 9.17) is 0 Å². The molecule has 0 aliphatic rings. The minimum Gasteiger partial charge on any atom is -0.0622 e. The van der Waals surface area contributed by atoms with Crippen molar-refractivity contribution in [2.24, 2.45) is 0 Å². The lowest BCUT2D eigenvalue weighted by atomic mass is 10.1. The highest BCUT2D eigenvalue weighted by molar-refractivity contribution is 5.69. The topological polar surface area (TPSA) is 0 Å². The Hall–Kier alpha value is -1.82. The molecule has 0 heterocycles. The minimum absolute atomic E-state index is 1.23. The van der Waals surface area contributed by atoms with E-state index >= 15 is 0 Å². The van der Waals surface area contributed by atoms with E-state index in [1.165, 1.54) is 16.7 Å². The molecule has 0 fully saturated rings. The van der Waals surface area contributed by atoms with Crippen molar-refractivity contribution in [2.45, 2.75) is 6.92 Å². The quantitative estimate of drug-likeness (QED) is 0.629. The lowest BCUT2D eigenvalue weighted by Gasteiger charge is -1.95. The molecule has 0 nitrogen and oxygen atoms in total. The number of hydrogen-bond donors (Lipinski definition) is 0. The maximum atomic E-state index is 2.13. The summed E-state index contributed by atoms with van der Waals surface area (Å²) in [5.74, 6) is 0. The second-order valence-electron chi connectivity index (χ2n) is 3.65. The molecule has 0 amide bonds. The molecule has 15 heavy (non-hydrogen) atoms. The molecule has 74 valence electrons. The standard InChI is InChI=1S/C15H14/c1-13-7-9-15(10-8-13)12-11-14-5-3-2-4-6-14/h2-12H,1H3/b12-11-. The maximum absolute atomic E-state index is 2.13. The van der Waals surface area contributed by atoms with Crippen LogP contribution in [0.4, 0.5) is 0 Å². The third kappa shape index (κ3) is 2.81. The zero-order valence-corrected chi connectivity index (χ0v) is 8.85. The van der Waals surface area contributed by atoms with Gasteiger partial charge >= 0.3 is 0 Å². The second kappa shape index (κ2) is 4.61. The van der Waals surface area contributed by atoms with Crippen LogP contribution < -0.4 is 0 Å². The fourth-order valence-electron chi connectivity index (χ4n) is 1.43. The first-order valence-electron chi connectivity index (χ1n) is 5.14. The normalized spacial score (nSPS) is 10.7. The number of benzene rings is 2. The van der Waals surface area contributed by atoms with Crippen LogP contribution in [0, 0.1) is 6.92 Å². The van der Waals surface area contributed by atoms with Crippen LogP contribution in [0.2, 0.25) is 0 Å². The van der Waals surface area contributed by atoms with E-state index in [-0.39, 0.29) is 0 Å². The van der Waals surface area contributed by atoms with Gasteiger partial charge in [0.1, 0.15) is 0 Å². The smallest absolute Gasteiger partial charge is 0.0256 e. The summed E-state index contributed by atoms with van der Waals surface area (Å²) < 4.78 is 0. The average molecular weight is 194 g/mol. The van der Waals surface area contributed by atoms with Gasteiger partial charge in [0.25, 0.3) is 0 Å². The van der Waals surface area contributed by atoms with Crippen LogP contribution in [-0.2, 0) is 0 Å². The first-order chi connectivity index (χ1) is 7.34. The number of hydrogen-bond acceptors (Lipinski definition) is 0. The van der Waals surface area contributed by atoms with E-state index < -0.39 is 0 Å². The molecule has 0 heteroatoms. The van der Waals surface area contributed by atoms with Crippen molar-refractivity contribution in [2.75, 3.05) is 0 Å². The molecular formula is C15H14. The Kier molecular flexibility index (Phi) is 2.99. The Bertz CT molecular complexity index is 435. The summed E-state index contributed by atoms with van der Waals surface area (Å²) >= 11 is 0. The molecule has 0 N–H and O–H groups in total. The van der Waals surface area contributed by atoms with Gasteiger partial charge in [-0.15, -0.1) is 0 Å². The van der Waals surface area contributed by atoms with Gasteiger partial charge in [-0.2, -0.15) is 0 Å². The maximum Gasteiger partial charge on any atom is -0.0256 e. The van der Waals surface area contributed by atoms with Crippen molar-refractivity contribution < 1.29 is 0 Å². The van der Waals surface area contributed by atoms with E-state index in [2.05, 4.69) is 67.6 Å². The van der Waals surface area contributed by atoms with Crippen LogP contribution in [0.25, 0.3) is 12.2 Å². The first-order valence-corrected chi connectivity index (χ1v) is 5.14. The Labute approximate surface area is 90.9 Å². The third-order valence-electron chi connectivity index (χ3n) is 2.35. The average Bonchev–Trinajstić information content (AvgIpc) is 2.30. The van der Waals surface area contributed by atoms with Crippen LogP contribution in [0.15, 0.2) is 54.6 Å². The highest BCUT2D eigenvalue weighted by Gasteiger charge is 1.87. The summed E-state index contributed by atoms with van der Waals surface area (Å²) in [6.07, 6.45) is 4.26. The summed E-state index contributed by atoms with van der Waals surface area (Å²) in [5, 5.41) is 0. The Morgan fingerprint density at radius 2 is 1.20 bits per heavy atom. The molecule has 0 aromatic heterocycles. The van der Waals surface area contributed by atoms with Crippen LogP contribution >= 0.6 is 0 Å². The van der Waals surface area contributed by atoms with E-state index in [1.807, 2.05) is 6.07 Å². The van der Waals surface area contributed by atoms with E-state index in [9.17, 15) is 0 Å². The van der Waals surface area contributed by atoms with Crippen molar-refractivity contribution in [1.29, 1.82) is 0 Å². The van der Waals surface area contributed by atoms with E-state index in [0.29, 0.717) is 0 Å². The SMILES string of the molecule is Cc1ccc(/C=C\c2ccccc2)cc1. The number of rotatable bonds is 2. The van der Waals surface area contributed by atoms with Crippen molar-refractivity contribution in [1.82, 2.24) is 0 Å². The van der Waals surface area contributed by atoms with Gasteiger partial charge < -0.3 is 0 Å². The molecule has 0 radical (unpaired) electrons. The monoisotopic (exact) mass is 194 g/mol. The van der Waals surface area contributed by atoms with Crippen LogP contribution in [0.3, 0.4) is 0 Å². The van der Waals surface area contributed by atoms with Crippen molar-refractivity contribution in [3.05, 3.63) is 71.3 Å². The molecular weight excluding hydrogens is 180 g/mol. The highest BCUT2D eigenvalue weighted by Crippen LogP contribution is 2.08.